The Labute approximate surface area is 122 Å². The summed E-state index contributed by atoms with van der Waals surface area (Å²) < 4.78 is 0. The molecule has 1 aromatic carbocycles. The van der Waals surface area contributed by atoms with E-state index in [0.717, 1.165) is 25.8 Å². The van der Waals surface area contributed by atoms with E-state index in [9.17, 15) is 4.79 Å². The van der Waals surface area contributed by atoms with E-state index in [2.05, 4.69) is 25.1 Å². The zero-order valence-corrected chi connectivity index (χ0v) is 12.5. The van der Waals surface area contributed by atoms with Crippen LogP contribution in [0.1, 0.15) is 62.5 Å². The molecular formula is C17H27NO2. The Balaban J connectivity index is 2.68. The summed E-state index contributed by atoms with van der Waals surface area (Å²) in [6.45, 7) is 2.98. The average Bonchev–Trinajstić information content (AvgIpc) is 2.44. The highest BCUT2D eigenvalue weighted by molar-refractivity contribution is 5.66. The van der Waals surface area contributed by atoms with Crippen LogP contribution in [0.3, 0.4) is 0 Å². The Kier molecular flexibility index (Phi) is 7.97. The number of carboxylic acid groups (broad SMARTS) is 1. The van der Waals surface area contributed by atoms with Gasteiger partial charge in [0.25, 0.3) is 0 Å². The first-order valence-electron chi connectivity index (χ1n) is 7.68. The number of aliphatic carboxylic acids is 1. The molecule has 0 fully saturated rings. The van der Waals surface area contributed by atoms with Crippen molar-refractivity contribution in [1.29, 1.82) is 0 Å². The van der Waals surface area contributed by atoms with E-state index in [1.165, 1.54) is 24.0 Å². The van der Waals surface area contributed by atoms with Crippen LogP contribution >= 0.6 is 0 Å². The molecular weight excluding hydrogens is 250 g/mol. The molecule has 3 nitrogen and oxygen atoms in total. The van der Waals surface area contributed by atoms with Gasteiger partial charge in [-0.05, 0) is 55.7 Å². The maximum Gasteiger partial charge on any atom is 0.303 e. The lowest BCUT2D eigenvalue weighted by Gasteiger charge is -2.19. The van der Waals surface area contributed by atoms with Gasteiger partial charge in [0.2, 0.25) is 0 Å². The van der Waals surface area contributed by atoms with Crippen molar-refractivity contribution >= 4 is 5.97 Å². The lowest BCUT2D eigenvalue weighted by Crippen LogP contribution is -2.05. The molecule has 1 atom stereocenters. The molecule has 0 aliphatic carbocycles. The number of nitrogens with two attached hydrogens (primary N) is 1. The van der Waals surface area contributed by atoms with Crippen LogP contribution in [0.25, 0.3) is 0 Å². The molecule has 112 valence electrons. The van der Waals surface area contributed by atoms with Crippen LogP contribution in [0.5, 0.6) is 0 Å². The molecule has 0 saturated heterocycles. The van der Waals surface area contributed by atoms with Crippen LogP contribution in [-0.2, 0) is 11.2 Å². The summed E-state index contributed by atoms with van der Waals surface area (Å²) in [5, 5.41) is 8.75. The maximum absolute atomic E-state index is 10.6. The second-order valence-corrected chi connectivity index (χ2v) is 5.34. The Morgan fingerprint density at radius 1 is 1.25 bits per heavy atom. The molecule has 1 aromatic rings. The van der Waals surface area contributed by atoms with Crippen molar-refractivity contribution in [3.05, 3.63) is 35.4 Å². The van der Waals surface area contributed by atoms with Crippen molar-refractivity contribution in [3.8, 4) is 0 Å². The monoisotopic (exact) mass is 277 g/mol. The van der Waals surface area contributed by atoms with E-state index in [0.29, 0.717) is 12.3 Å². The Morgan fingerprint density at radius 2 is 2.00 bits per heavy atom. The molecule has 0 spiro atoms. The van der Waals surface area contributed by atoms with Crippen molar-refractivity contribution in [2.24, 2.45) is 5.73 Å². The van der Waals surface area contributed by atoms with Crippen molar-refractivity contribution in [2.45, 2.75) is 57.8 Å². The summed E-state index contributed by atoms with van der Waals surface area (Å²) in [5.74, 6) is -0.139. The van der Waals surface area contributed by atoms with Gasteiger partial charge < -0.3 is 10.8 Å². The minimum absolute atomic E-state index is 0.248. The van der Waals surface area contributed by atoms with Crippen LogP contribution in [0, 0.1) is 0 Å². The standard InChI is InChI=1S/C17H27NO2/c1-2-14(8-5-6-13-18)16-11-4-3-9-15(16)10-7-12-17(19)20/h3-4,9,11,14H,2,5-8,10,12-13,18H2,1H3,(H,19,20). The van der Waals surface area contributed by atoms with Gasteiger partial charge in [0.05, 0.1) is 0 Å². The molecule has 0 heterocycles. The Morgan fingerprint density at radius 3 is 2.65 bits per heavy atom. The molecule has 3 heteroatoms. The zero-order valence-electron chi connectivity index (χ0n) is 12.5. The highest BCUT2D eigenvalue weighted by Gasteiger charge is 2.13. The number of carboxylic acids is 1. The second kappa shape index (κ2) is 9.54. The fourth-order valence-corrected chi connectivity index (χ4v) is 2.70. The third-order valence-corrected chi connectivity index (χ3v) is 3.83. The first-order chi connectivity index (χ1) is 9.69. The van der Waals surface area contributed by atoms with E-state index in [1.54, 1.807) is 0 Å². The van der Waals surface area contributed by atoms with Crippen molar-refractivity contribution in [1.82, 2.24) is 0 Å². The Hall–Kier alpha value is -1.35. The number of carbonyl (C=O) groups is 1. The molecule has 1 rings (SSSR count). The molecule has 0 radical (unpaired) electrons. The van der Waals surface area contributed by atoms with Gasteiger partial charge in [0.15, 0.2) is 0 Å². The maximum atomic E-state index is 10.6. The fraction of sp³-hybridized carbons (Fsp3) is 0.588. The van der Waals surface area contributed by atoms with Gasteiger partial charge in [0, 0.05) is 6.42 Å². The molecule has 1 unspecified atom stereocenters. The molecule has 0 aliphatic rings. The average molecular weight is 277 g/mol. The number of unbranched alkanes of at least 4 members (excludes halogenated alkanes) is 1. The summed E-state index contributed by atoms with van der Waals surface area (Å²) in [5.41, 5.74) is 8.28. The lowest BCUT2D eigenvalue weighted by atomic mass is 9.86. The van der Waals surface area contributed by atoms with Crippen LogP contribution in [0.2, 0.25) is 0 Å². The summed E-state index contributed by atoms with van der Waals surface area (Å²) >= 11 is 0. The SMILES string of the molecule is CCC(CCCCN)c1ccccc1CCCC(=O)O. The van der Waals surface area contributed by atoms with E-state index >= 15 is 0 Å². The molecule has 20 heavy (non-hydrogen) atoms. The van der Waals surface area contributed by atoms with E-state index in [1.807, 2.05) is 6.07 Å². The van der Waals surface area contributed by atoms with Gasteiger partial charge in [-0.1, -0.05) is 37.6 Å². The van der Waals surface area contributed by atoms with Gasteiger partial charge in [-0.15, -0.1) is 0 Å². The van der Waals surface area contributed by atoms with Crippen LogP contribution < -0.4 is 5.73 Å². The lowest BCUT2D eigenvalue weighted by molar-refractivity contribution is -0.137. The predicted octanol–water partition coefficient (Wildman–Crippen LogP) is 3.72. The largest absolute Gasteiger partial charge is 0.481 e. The first-order valence-corrected chi connectivity index (χ1v) is 7.68. The van der Waals surface area contributed by atoms with E-state index in [-0.39, 0.29) is 6.42 Å². The smallest absolute Gasteiger partial charge is 0.303 e. The zero-order chi connectivity index (χ0) is 14.8. The molecule has 3 N–H and O–H groups in total. The minimum Gasteiger partial charge on any atom is -0.481 e. The fourth-order valence-electron chi connectivity index (χ4n) is 2.70. The number of hydrogen-bond donors (Lipinski definition) is 2. The predicted molar refractivity (Wildman–Crippen MR) is 83.0 cm³/mol. The number of hydrogen-bond acceptors (Lipinski definition) is 2. The van der Waals surface area contributed by atoms with Crippen LogP contribution in [0.15, 0.2) is 24.3 Å². The minimum atomic E-state index is -0.711. The van der Waals surface area contributed by atoms with E-state index < -0.39 is 5.97 Å². The first kappa shape index (κ1) is 16.7. The highest BCUT2D eigenvalue weighted by Crippen LogP contribution is 2.29. The number of benzene rings is 1. The molecule has 0 amide bonds. The summed E-state index contributed by atoms with van der Waals surface area (Å²) in [7, 11) is 0. The number of rotatable bonds is 10. The third kappa shape index (κ3) is 5.74. The highest BCUT2D eigenvalue weighted by atomic mass is 16.4. The molecule has 0 aliphatic heterocycles. The summed E-state index contributed by atoms with van der Waals surface area (Å²) in [4.78, 5) is 10.6. The second-order valence-electron chi connectivity index (χ2n) is 5.34. The van der Waals surface area contributed by atoms with E-state index in [4.69, 9.17) is 10.8 Å². The molecule has 0 aromatic heterocycles. The molecule has 0 bridgehead atoms. The quantitative estimate of drug-likeness (QED) is 0.641. The number of aryl methyl sites for hydroxylation is 1. The third-order valence-electron chi connectivity index (χ3n) is 3.83. The molecule has 0 saturated carbocycles. The van der Waals surface area contributed by atoms with Crippen molar-refractivity contribution in [3.63, 3.8) is 0 Å². The van der Waals surface area contributed by atoms with Gasteiger partial charge in [-0.25, -0.2) is 0 Å². The Bertz CT molecular complexity index is 404. The van der Waals surface area contributed by atoms with Gasteiger partial charge in [0.1, 0.15) is 0 Å². The van der Waals surface area contributed by atoms with Gasteiger partial charge in [-0.2, -0.15) is 0 Å². The normalized spacial score (nSPS) is 12.3. The summed E-state index contributed by atoms with van der Waals surface area (Å²) in [6.07, 6.45) is 6.36. The summed E-state index contributed by atoms with van der Waals surface area (Å²) in [6, 6.07) is 8.48. The topological polar surface area (TPSA) is 63.3 Å². The van der Waals surface area contributed by atoms with Crippen molar-refractivity contribution in [2.75, 3.05) is 6.54 Å². The van der Waals surface area contributed by atoms with Gasteiger partial charge in [-0.3, -0.25) is 4.79 Å². The van der Waals surface area contributed by atoms with Crippen LogP contribution in [-0.4, -0.2) is 17.6 Å². The van der Waals surface area contributed by atoms with Crippen LogP contribution in [0.4, 0.5) is 0 Å². The van der Waals surface area contributed by atoms with Gasteiger partial charge >= 0.3 is 5.97 Å². The van der Waals surface area contributed by atoms with Crippen molar-refractivity contribution < 1.29 is 9.90 Å².